The maximum absolute atomic E-state index is 13.2. The molecule has 0 radical (unpaired) electrons. The van der Waals surface area contributed by atoms with Gasteiger partial charge in [0.1, 0.15) is 11.9 Å². The summed E-state index contributed by atoms with van der Waals surface area (Å²) in [6.45, 7) is 23.3. The molecule has 31 heavy (non-hydrogen) atoms. The predicted molar refractivity (Wildman–Crippen MR) is 129 cm³/mol. The van der Waals surface area contributed by atoms with Gasteiger partial charge in [-0.2, -0.15) is 0 Å². The highest BCUT2D eigenvalue weighted by Crippen LogP contribution is 2.42. The number of rotatable bonds is 3. The Hall–Kier alpha value is -1.55. The number of likely N-dealkylation sites (tertiary alicyclic amines) is 1. The number of aromatic hydroxyl groups is 1. The van der Waals surface area contributed by atoms with Crippen molar-refractivity contribution in [2.45, 2.75) is 123 Å². The standard InChI is InChI=1S/C27H45NO3/c1-17(23(30)31-19-15-26(8,9)28(12)27(10,11)16-19)18-13-20(24(2,3)4)22(29)21(14-18)25(5,6)7/h13-14,17,19,29H,15-16H2,1-12H3. The van der Waals surface area contributed by atoms with Crippen LogP contribution >= 0.6 is 0 Å². The first-order chi connectivity index (χ1) is 13.8. The van der Waals surface area contributed by atoms with E-state index in [1.165, 1.54) is 0 Å². The minimum absolute atomic E-state index is 0.0344. The number of carbonyl (C=O) groups is 1. The van der Waals surface area contributed by atoms with Crippen LogP contribution in [0.15, 0.2) is 12.1 Å². The number of piperidine rings is 1. The zero-order valence-electron chi connectivity index (χ0n) is 21.9. The van der Waals surface area contributed by atoms with Gasteiger partial charge in [-0.05, 0) is 69.2 Å². The van der Waals surface area contributed by atoms with Crippen LogP contribution in [0, 0.1) is 0 Å². The number of esters is 1. The Bertz CT molecular complexity index is 771. The molecule has 1 atom stereocenters. The molecule has 4 nitrogen and oxygen atoms in total. The van der Waals surface area contributed by atoms with Crippen LogP contribution < -0.4 is 0 Å². The van der Waals surface area contributed by atoms with E-state index in [4.69, 9.17) is 4.74 Å². The lowest BCUT2D eigenvalue weighted by Gasteiger charge is -2.53. The van der Waals surface area contributed by atoms with E-state index in [1.54, 1.807) is 0 Å². The van der Waals surface area contributed by atoms with Crippen molar-refractivity contribution in [3.05, 3.63) is 28.8 Å². The van der Waals surface area contributed by atoms with Crippen LogP contribution in [-0.2, 0) is 20.4 Å². The van der Waals surface area contributed by atoms with Crippen molar-refractivity contribution in [1.29, 1.82) is 0 Å². The summed E-state index contributed by atoms with van der Waals surface area (Å²) >= 11 is 0. The highest BCUT2D eigenvalue weighted by molar-refractivity contribution is 5.78. The van der Waals surface area contributed by atoms with Crippen molar-refractivity contribution in [1.82, 2.24) is 4.90 Å². The lowest BCUT2D eigenvalue weighted by atomic mass is 9.77. The summed E-state index contributed by atoms with van der Waals surface area (Å²) in [5.74, 6) is -0.247. The summed E-state index contributed by atoms with van der Waals surface area (Å²) in [5.41, 5.74) is 2.12. The quantitative estimate of drug-likeness (QED) is 0.572. The SMILES string of the molecule is CC(C(=O)OC1CC(C)(C)N(C)C(C)(C)C1)c1cc(C(C)(C)C)c(O)c(C(C)(C)C)c1. The Morgan fingerprint density at radius 3 is 1.74 bits per heavy atom. The fourth-order valence-electron chi connectivity index (χ4n) is 4.82. The molecule has 0 amide bonds. The molecule has 4 heteroatoms. The largest absolute Gasteiger partial charge is 0.507 e. The normalized spacial score (nSPS) is 21.0. The van der Waals surface area contributed by atoms with Gasteiger partial charge in [0, 0.05) is 23.9 Å². The van der Waals surface area contributed by atoms with E-state index in [0.29, 0.717) is 5.75 Å². The van der Waals surface area contributed by atoms with Gasteiger partial charge in [-0.15, -0.1) is 0 Å². The average Bonchev–Trinajstić information content (AvgIpc) is 2.56. The zero-order valence-corrected chi connectivity index (χ0v) is 21.9. The molecule has 1 aliphatic rings. The Morgan fingerprint density at radius 1 is 1.00 bits per heavy atom. The zero-order chi connectivity index (χ0) is 24.2. The Morgan fingerprint density at radius 2 is 1.39 bits per heavy atom. The van der Waals surface area contributed by atoms with Crippen molar-refractivity contribution in [3.8, 4) is 5.75 Å². The molecule has 0 aliphatic carbocycles. The number of carbonyl (C=O) groups excluding carboxylic acids is 1. The monoisotopic (exact) mass is 431 g/mol. The van der Waals surface area contributed by atoms with Gasteiger partial charge in [0.05, 0.1) is 5.92 Å². The number of hydrogen-bond acceptors (Lipinski definition) is 4. The van der Waals surface area contributed by atoms with Crippen molar-refractivity contribution in [2.75, 3.05) is 7.05 Å². The maximum atomic E-state index is 13.2. The number of hydrogen-bond donors (Lipinski definition) is 1. The Labute approximate surface area is 190 Å². The smallest absolute Gasteiger partial charge is 0.313 e. The molecule has 1 N–H and O–H groups in total. The summed E-state index contributed by atoms with van der Waals surface area (Å²) < 4.78 is 6.08. The van der Waals surface area contributed by atoms with Crippen molar-refractivity contribution >= 4 is 5.97 Å². The molecule has 0 aromatic heterocycles. The molecule has 1 aromatic carbocycles. The molecule has 1 fully saturated rings. The first-order valence-corrected chi connectivity index (χ1v) is 11.6. The van der Waals surface area contributed by atoms with Gasteiger partial charge >= 0.3 is 5.97 Å². The highest BCUT2D eigenvalue weighted by Gasteiger charge is 2.44. The molecule has 0 bridgehead atoms. The van der Waals surface area contributed by atoms with E-state index in [0.717, 1.165) is 29.5 Å². The van der Waals surface area contributed by atoms with Crippen LogP contribution in [0.25, 0.3) is 0 Å². The fourth-order valence-corrected chi connectivity index (χ4v) is 4.82. The van der Waals surface area contributed by atoms with Crippen LogP contribution in [0.1, 0.15) is 112 Å². The number of phenols is 1. The summed E-state index contributed by atoms with van der Waals surface area (Å²) in [6.07, 6.45) is 1.54. The van der Waals surface area contributed by atoms with E-state index in [-0.39, 0.29) is 34.0 Å². The average molecular weight is 432 g/mol. The van der Waals surface area contributed by atoms with Gasteiger partial charge in [0.25, 0.3) is 0 Å². The predicted octanol–water partition coefficient (Wildman–Crippen LogP) is 6.29. The molecule has 0 spiro atoms. The van der Waals surface area contributed by atoms with Gasteiger partial charge in [-0.25, -0.2) is 0 Å². The highest BCUT2D eigenvalue weighted by atomic mass is 16.5. The van der Waals surface area contributed by atoms with Crippen LogP contribution in [0.5, 0.6) is 5.75 Å². The van der Waals surface area contributed by atoms with Gasteiger partial charge in [-0.1, -0.05) is 53.7 Å². The summed E-state index contributed by atoms with van der Waals surface area (Å²) in [7, 11) is 2.15. The van der Waals surface area contributed by atoms with Crippen LogP contribution in [-0.4, -0.2) is 40.2 Å². The van der Waals surface area contributed by atoms with Crippen molar-refractivity contribution < 1.29 is 14.6 Å². The van der Waals surface area contributed by atoms with E-state index in [1.807, 2.05) is 19.1 Å². The van der Waals surface area contributed by atoms with Gasteiger partial charge in [-0.3, -0.25) is 9.69 Å². The minimum Gasteiger partial charge on any atom is -0.507 e. The molecular formula is C27H45NO3. The lowest BCUT2D eigenvalue weighted by Crippen LogP contribution is -2.60. The molecule has 1 aliphatic heterocycles. The van der Waals surface area contributed by atoms with E-state index in [9.17, 15) is 9.90 Å². The molecule has 0 saturated carbocycles. The Balaban J connectivity index is 2.36. The molecule has 1 unspecified atom stereocenters. The third-order valence-corrected chi connectivity index (χ3v) is 7.16. The summed E-state index contributed by atoms with van der Waals surface area (Å²) in [6, 6.07) is 3.97. The molecule has 176 valence electrons. The Kier molecular flexibility index (Phi) is 6.72. The van der Waals surface area contributed by atoms with Crippen molar-refractivity contribution in [3.63, 3.8) is 0 Å². The van der Waals surface area contributed by atoms with Gasteiger partial charge in [0.2, 0.25) is 0 Å². The summed E-state index contributed by atoms with van der Waals surface area (Å²) in [5, 5.41) is 11.0. The minimum atomic E-state index is -0.395. The van der Waals surface area contributed by atoms with E-state index < -0.39 is 5.92 Å². The molecule has 1 aromatic rings. The molecular weight excluding hydrogens is 386 g/mol. The second kappa shape index (κ2) is 8.10. The van der Waals surface area contributed by atoms with Crippen molar-refractivity contribution in [2.24, 2.45) is 0 Å². The number of nitrogens with zero attached hydrogens (tertiary/aromatic N) is 1. The van der Waals surface area contributed by atoms with Crippen LogP contribution in [0.2, 0.25) is 0 Å². The van der Waals surface area contributed by atoms with E-state index >= 15 is 0 Å². The third kappa shape index (κ3) is 5.45. The summed E-state index contributed by atoms with van der Waals surface area (Å²) in [4.78, 5) is 15.6. The molecule has 1 saturated heterocycles. The van der Waals surface area contributed by atoms with Gasteiger partial charge < -0.3 is 9.84 Å². The topological polar surface area (TPSA) is 49.8 Å². The maximum Gasteiger partial charge on any atom is 0.313 e. The second-order valence-electron chi connectivity index (χ2n) is 12.8. The lowest BCUT2D eigenvalue weighted by molar-refractivity contribution is -0.160. The van der Waals surface area contributed by atoms with Crippen LogP contribution in [0.3, 0.4) is 0 Å². The van der Waals surface area contributed by atoms with Gasteiger partial charge in [0.15, 0.2) is 0 Å². The first kappa shape index (κ1) is 25.7. The number of benzene rings is 1. The number of phenolic OH excluding ortho intramolecular Hbond substituents is 1. The fraction of sp³-hybridized carbons (Fsp3) is 0.741. The van der Waals surface area contributed by atoms with Crippen LogP contribution in [0.4, 0.5) is 0 Å². The molecule has 1 heterocycles. The first-order valence-electron chi connectivity index (χ1n) is 11.6. The van der Waals surface area contributed by atoms with E-state index in [2.05, 4.69) is 81.2 Å². The third-order valence-electron chi connectivity index (χ3n) is 7.16. The second-order valence-corrected chi connectivity index (χ2v) is 12.8. The number of ether oxygens (including phenoxy) is 1. The molecule has 2 rings (SSSR count).